The van der Waals surface area contributed by atoms with Gasteiger partial charge in [-0.15, -0.1) is 0 Å². The lowest BCUT2D eigenvalue weighted by molar-refractivity contribution is -0.156. The number of hydrogen-bond acceptors (Lipinski definition) is 2. The molecule has 0 amide bonds. The Labute approximate surface area is 182 Å². The summed E-state index contributed by atoms with van der Waals surface area (Å²) in [6.07, 6.45) is 8.41. The maximum absolute atomic E-state index is 12.9. The Morgan fingerprint density at radius 2 is 1.41 bits per heavy atom. The highest BCUT2D eigenvalue weighted by Gasteiger charge is 2.35. The Morgan fingerprint density at radius 3 is 1.90 bits per heavy atom. The van der Waals surface area contributed by atoms with E-state index in [1.165, 1.54) is 25.7 Å². The average Bonchev–Trinajstić information content (AvgIpc) is 2.51. The molecule has 0 spiro atoms. The molecule has 2 nitrogen and oxygen atoms in total. The smallest absolute Gasteiger partial charge is 0.309 e. The van der Waals surface area contributed by atoms with Crippen molar-refractivity contribution >= 4 is 5.97 Å². The number of hydrogen-bond donors (Lipinski definition) is 0. The molecule has 0 bridgehead atoms. The van der Waals surface area contributed by atoms with Crippen LogP contribution in [-0.2, 0) is 9.53 Å². The van der Waals surface area contributed by atoms with E-state index >= 15 is 0 Å². The van der Waals surface area contributed by atoms with Gasteiger partial charge in [-0.3, -0.25) is 4.79 Å². The highest BCUT2D eigenvalue weighted by molar-refractivity contribution is 5.73. The minimum atomic E-state index is 0.0698. The molecule has 5 atom stereocenters. The third kappa shape index (κ3) is 10.4. The van der Waals surface area contributed by atoms with Gasteiger partial charge < -0.3 is 4.74 Å². The van der Waals surface area contributed by atoms with Gasteiger partial charge in [-0.05, 0) is 72.5 Å². The first-order chi connectivity index (χ1) is 13.2. The lowest BCUT2D eigenvalue weighted by Crippen LogP contribution is -2.35. The predicted octanol–water partition coefficient (Wildman–Crippen LogP) is 8.14. The monoisotopic (exact) mass is 408 g/mol. The van der Waals surface area contributed by atoms with Gasteiger partial charge in [0.2, 0.25) is 0 Å². The number of rotatable bonds is 9. The Balaban J connectivity index is 2.71. The van der Waals surface area contributed by atoms with E-state index < -0.39 is 0 Å². The van der Waals surface area contributed by atoms with Gasteiger partial charge >= 0.3 is 5.97 Å². The third-order valence-corrected chi connectivity index (χ3v) is 6.99. The Kier molecular flexibility index (Phi) is 10.2. The molecule has 0 aromatic carbocycles. The summed E-state index contributed by atoms with van der Waals surface area (Å²) in [6.45, 7) is 23.8. The minimum Gasteiger partial charge on any atom is -0.465 e. The summed E-state index contributed by atoms with van der Waals surface area (Å²) in [5.74, 6) is 2.85. The fourth-order valence-corrected chi connectivity index (χ4v) is 5.74. The van der Waals surface area contributed by atoms with Crippen molar-refractivity contribution in [2.45, 2.75) is 114 Å². The molecule has 0 saturated heterocycles. The van der Waals surface area contributed by atoms with Crippen LogP contribution in [0.1, 0.15) is 114 Å². The van der Waals surface area contributed by atoms with Crippen molar-refractivity contribution in [2.75, 3.05) is 6.61 Å². The fourth-order valence-electron chi connectivity index (χ4n) is 5.74. The van der Waals surface area contributed by atoms with Gasteiger partial charge in [0.15, 0.2) is 0 Å². The average molecular weight is 409 g/mol. The van der Waals surface area contributed by atoms with Crippen LogP contribution in [0.3, 0.4) is 0 Å². The molecule has 0 N–H and O–H groups in total. The van der Waals surface area contributed by atoms with E-state index in [0.29, 0.717) is 47.0 Å². The fraction of sp³-hybridized carbons (Fsp3) is 0.963. The van der Waals surface area contributed by atoms with E-state index in [1.54, 1.807) is 0 Å². The molecule has 2 heteroatoms. The second-order valence-electron chi connectivity index (χ2n) is 13.0. The number of carbonyl (C=O) groups is 1. The maximum atomic E-state index is 12.9. The number of carbonyl (C=O) groups excluding carboxylic acids is 1. The predicted molar refractivity (Wildman–Crippen MR) is 126 cm³/mol. The molecular weight excluding hydrogens is 356 g/mol. The molecule has 172 valence electrons. The van der Waals surface area contributed by atoms with E-state index in [0.717, 1.165) is 19.3 Å². The Morgan fingerprint density at radius 1 is 0.897 bits per heavy atom. The SMILES string of the molecule is CC(CCC(COC(=O)C1C(C)CCCC1C)C(C)CC(C)(C)C)CC(C)(C)C. The summed E-state index contributed by atoms with van der Waals surface area (Å²) in [6, 6.07) is 0. The largest absolute Gasteiger partial charge is 0.465 e. The standard InChI is InChI=1S/C27H52O2/c1-19(16-26(5,6)7)14-15-23(22(4)17-27(8,9)10)18-29-25(28)24-20(2)12-11-13-21(24)3/h19-24H,11-18H2,1-10H3. The van der Waals surface area contributed by atoms with Crippen molar-refractivity contribution in [1.82, 2.24) is 0 Å². The lowest BCUT2D eigenvalue weighted by atomic mass is 9.73. The third-order valence-electron chi connectivity index (χ3n) is 6.99. The van der Waals surface area contributed by atoms with Gasteiger partial charge in [-0.2, -0.15) is 0 Å². The summed E-state index contributed by atoms with van der Waals surface area (Å²) < 4.78 is 6.01. The van der Waals surface area contributed by atoms with Crippen LogP contribution >= 0.6 is 0 Å². The van der Waals surface area contributed by atoms with Crippen molar-refractivity contribution in [1.29, 1.82) is 0 Å². The Bertz CT molecular complexity index is 472. The molecule has 1 rings (SSSR count). The van der Waals surface area contributed by atoms with Gasteiger partial charge in [0.05, 0.1) is 12.5 Å². The van der Waals surface area contributed by atoms with E-state index in [2.05, 4.69) is 69.2 Å². The molecule has 0 radical (unpaired) electrons. The zero-order valence-electron chi connectivity index (χ0n) is 21.4. The summed E-state index contributed by atoms with van der Waals surface area (Å²) in [4.78, 5) is 12.9. The highest BCUT2D eigenvalue weighted by atomic mass is 16.5. The van der Waals surface area contributed by atoms with Crippen molar-refractivity contribution < 1.29 is 9.53 Å². The van der Waals surface area contributed by atoms with E-state index in [1.807, 2.05) is 0 Å². The van der Waals surface area contributed by atoms with Crippen LogP contribution in [0.15, 0.2) is 0 Å². The first-order valence-corrected chi connectivity index (χ1v) is 12.4. The molecule has 29 heavy (non-hydrogen) atoms. The topological polar surface area (TPSA) is 26.3 Å². The Hall–Kier alpha value is -0.530. The second kappa shape index (κ2) is 11.2. The van der Waals surface area contributed by atoms with Crippen molar-refractivity contribution in [3.05, 3.63) is 0 Å². The van der Waals surface area contributed by atoms with Crippen molar-refractivity contribution in [3.63, 3.8) is 0 Å². The zero-order chi connectivity index (χ0) is 22.4. The molecule has 5 unspecified atom stereocenters. The second-order valence-corrected chi connectivity index (χ2v) is 13.0. The van der Waals surface area contributed by atoms with Crippen LogP contribution in [0.5, 0.6) is 0 Å². The summed E-state index contributed by atoms with van der Waals surface area (Å²) in [5.41, 5.74) is 0.691. The van der Waals surface area contributed by atoms with Crippen LogP contribution in [-0.4, -0.2) is 12.6 Å². The summed E-state index contributed by atoms with van der Waals surface area (Å²) in [5, 5.41) is 0. The van der Waals surface area contributed by atoms with Crippen LogP contribution in [0.2, 0.25) is 0 Å². The van der Waals surface area contributed by atoms with E-state index in [9.17, 15) is 4.79 Å². The van der Waals surface area contributed by atoms with Crippen molar-refractivity contribution in [3.8, 4) is 0 Å². The first-order valence-electron chi connectivity index (χ1n) is 12.4. The van der Waals surface area contributed by atoms with E-state index in [4.69, 9.17) is 4.74 Å². The van der Waals surface area contributed by atoms with E-state index in [-0.39, 0.29) is 11.9 Å². The van der Waals surface area contributed by atoms with Gasteiger partial charge in [-0.1, -0.05) is 82.1 Å². The molecule has 1 aliphatic rings. The summed E-state index contributed by atoms with van der Waals surface area (Å²) in [7, 11) is 0. The molecular formula is C27H52O2. The molecule has 1 saturated carbocycles. The molecule has 1 aliphatic carbocycles. The molecule has 0 aromatic heterocycles. The normalized spacial score (nSPS) is 26.6. The van der Waals surface area contributed by atoms with Crippen LogP contribution in [0.25, 0.3) is 0 Å². The number of esters is 1. The molecule has 0 aromatic rings. The molecule has 1 fully saturated rings. The minimum absolute atomic E-state index is 0.0698. The summed E-state index contributed by atoms with van der Waals surface area (Å²) >= 11 is 0. The van der Waals surface area contributed by atoms with Crippen LogP contribution in [0.4, 0.5) is 0 Å². The molecule has 0 heterocycles. The first kappa shape index (κ1) is 26.5. The van der Waals surface area contributed by atoms with Crippen molar-refractivity contribution in [2.24, 2.45) is 46.3 Å². The lowest BCUT2D eigenvalue weighted by Gasteiger charge is -2.34. The van der Waals surface area contributed by atoms with Crippen LogP contribution < -0.4 is 0 Å². The quantitative estimate of drug-likeness (QED) is 0.360. The highest BCUT2D eigenvalue weighted by Crippen LogP contribution is 2.37. The number of ether oxygens (including phenoxy) is 1. The van der Waals surface area contributed by atoms with Gasteiger partial charge in [0.1, 0.15) is 0 Å². The van der Waals surface area contributed by atoms with Gasteiger partial charge in [-0.25, -0.2) is 0 Å². The molecule has 0 aliphatic heterocycles. The maximum Gasteiger partial charge on any atom is 0.309 e. The zero-order valence-corrected chi connectivity index (χ0v) is 21.4. The van der Waals surface area contributed by atoms with Gasteiger partial charge in [0.25, 0.3) is 0 Å². The van der Waals surface area contributed by atoms with Crippen LogP contribution in [0, 0.1) is 46.3 Å². The van der Waals surface area contributed by atoms with Gasteiger partial charge in [0, 0.05) is 0 Å².